The van der Waals surface area contributed by atoms with Gasteiger partial charge in [-0.05, 0) is 17.7 Å². The van der Waals surface area contributed by atoms with Crippen molar-refractivity contribution in [2.24, 2.45) is 5.11 Å². The number of rotatable bonds is 1. The second-order valence-corrected chi connectivity index (χ2v) is 3.22. The molecule has 0 saturated heterocycles. The molecule has 1 aromatic heterocycles. The molecule has 0 amide bonds. The molecule has 0 atom stereocenters. The molecule has 0 radical (unpaired) electrons. The van der Waals surface area contributed by atoms with E-state index in [0.717, 1.165) is 6.07 Å². The molecule has 2 aromatic rings. The molecule has 0 aliphatic heterocycles. The van der Waals surface area contributed by atoms with Crippen LogP contribution in [0.25, 0.3) is 21.3 Å². The third-order valence-corrected chi connectivity index (χ3v) is 2.21. The Hall–Kier alpha value is -2.27. The Bertz CT molecular complexity index is 614. The highest BCUT2D eigenvalue weighted by Gasteiger charge is 2.33. The van der Waals surface area contributed by atoms with Gasteiger partial charge in [0.25, 0.3) is 0 Å². The lowest BCUT2D eigenvalue weighted by Crippen LogP contribution is -2.06. The summed E-state index contributed by atoms with van der Waals surface area (Å²) in [5.74, 6) is 0. The molecule has 2 rings (SSSR count). The number of alkyl halides is 3. The average Bonchev–Trinajstić information content (AvgIpc) is 2.28. The summed E-state index contributed by atoms with van der Waals surface area (Å²) >= 11 is 0. The molecule has 4 nitrogen and oxygen atoms in total. The van der Waals surface area contributed by atoms with Crippen LogP contribution in [0, 0.1) is 0 Å². The molecule has 0 aliphatic rings. The first-order valence-corrected chi connectivity index (χ1v) is 4.54. The first-order chi connectivity index (χ1) is 8.04. The Labute approximate surface area is 93.3 Å². The van der Waals surface area contributed by atoms with Gasteiger partial charge in [-0.3, -0.25) is 4.98 Å². The quantitative estimate of drug-likeness (QED) is 0.417. The van der Waals surface area contributed by atoms with Gasteiger partial charge in [0.15, 0.2) is 0 Å². The highest BCUT2D eigenvalue weighted by atomic mass is 19.4. The molecule has 0 saturated carbocycles. The van der Waals surface area contributed by atoms with Crippen LogP contribution in [0.2, 0.25) is 0 Å². The number of para-hydroxylation sites is 1. The predicted octanol–water partition coefficient (Wildman–Crippen LogP) is 4.20. The molecular formula is C10H5F3N4. The van der Waals surface area contributed by atoms with E-state index in [4.69, 9.17) is 5.53 Å². The minimum absolute atomic E-state index is 0.128. The average molecular weight is 238 g/mol. The van der Waals surface area contributed by atoms with Crippen molar-refractivity contribution in [1.82, 2.24) is 4.98 Å². The van der Waals surface area contributed by atoms with Gasteiger partial charge < -0.3 is 0 Å². The molecular weight excluding hydrogens is 233 g/mol. The van der Waals surface area contributed by atoms with Gasteiger partial charge in [0.1, 0.15) is 0 Å². The lowest BCUT2D eigenvalue weighted by atomic mass is 10.1. The SMILES string of the molecule is [N-]=[N+]=Nc1ccnc2c(C(F)(F)F)cccc12. The smallest absolute Gasteiger partial charge is 0.256 e. The number of aromatic nitrogens is 1. The molecule has 0 N–H and O–H groups in total. The van der Waals surface area contributed by atoms with E-state index in [0.29, 0.717) is 0 Å². The molecule has 0 aliphatic carbocycles. The van der Waals surface area contributed by atoms with Crippen molar-refractivity contribution >= 4 is 16.6 Å². The van der Waals surface area contributed by atoms with Crippen LogP contribution in [0.1, 0.15) is 5.56 Å². The summed E-state index contributed by atoms with van der Waals surface area (Å²) in [7, 11) is 0. The summed E-state index contributed by atoms with van der Waals surface area (Å²) in [5.41, 5.74) is 7.39. The molecule has 7 heteroatoms. The number of hydrogen-bond donors (Lipinski definition) is 0. The van der Waals surface area contributed by atoms with Gasteiger partial charge in [-0.1, -0.05) is 17.2 Å². The number of pyridine rings is 1. The van der Waals surface area contributed by atoms with Gasteiger partial charge in [-0.2, -0.15) is 13.2 Å². The Morgan fingerprint density at radius 1 is 1.24 bits per heavy atom. The van der Waals surface area contributed by atoms with E-state index >= 15 is 0 Å². The van der Waals surface area contributed by atoms with Crippen molar-refractivity contribution < 1.29 is 13.2 Å². The van der Waals surface area contributed by atoms with Crippen LogP contribution in [0.4, 0.5) is 18.9 Å². The van der Waals surface area contributed by atoms with E-state index in [1.807, 2.05) is 0 Å². The molecule has 17 heavy (non-hydrogen) atoms. The van der Waals surface area contributed by atoms with Crippen molar-refractivity contribution in [2.75, 3.05) is 0 Å². The molecule has 0 spiro atoms. The lowest BCUT2D eigenvalue weighted by Gasteiger charge is -2.09. The summed E-state index contributed by atoms with van der Waals surface area (Å²) < 4.78 is 38.1. The fourth-order valence-electron chi connectivity index (χ4n) is 1.53. The van der Waals surface area contributed by atoms with Gasteiger partial charge in [0.2, 0.25) is 0 Å². The number of nitrogens with zero attached hydrogens (tertiary/aromatic N) is 4. The van der Waals surface area contributed by atoms with Crippen molar-refractivity contribution in [1.29, 1.82) is 0 Å². The number of halogens is 3. The zero-order chi connectivity index (χ0) is 12.5. The normalized spacial score (nSPS) is 11.2. The standard InChI is InChI=1S/C10H5F3N4/c11-10(12,13)7-3-1-2-6-8(16-17-14)4-5-15-9(6)7/h1-5H. The monoisotopic (exact) mass is 238 g/mol. The summed E-state index contributed by atoms with van der Waals surface area (Å²) in [6, 6.07) is 4.99. The highest BCUT2D eigenvalue weighted by Crippen LogP contribution is 2.36. The third-order valence-electron chi connectivity index (χ3n) is 2.21. The second-order valence-electron chi connectivity index (χ2n) is 3.22. The maximum Gasteiger partial charge on any atom is 0.418 e. The van der Waals surface area contributed by atoms with E-state index in [9.17, 15) is 13.2 Å². The van der Waals surface area contributed by atoms with Gasteiger partial charge in [0, 0.05) is 22.2 Å². The Kier molecular flexibility index (Phi) is 2.61. The van der Waals surface area contributed by atoms with Crippen molar-refractivity contribution in [3.8, 4) is 0 Å². The Morgan fingerprint density at radius 2 is 2.00 bits per heavy atom. The fourth-order valence-corrected chi connectivity index (χ4v) is 1.53. The van der Waals surface area contributed by atoms with Crippen LogP contribution in [0.3, 0.4) is 0 Å². The number of fused-ring (bicyclic) bond motifs is 1. The van der Waals surface area contributed by atoms with Gasteiger partial charge in [0.05, 0.1) is 11.1 Å². The van der Waals surface area contributed by atoms with Crippen LogP contribution in [-0.4, -0.2) is 4.98 Å². The van der Waals surface area contributed by atoms with Gasteiger partial charge in [-0.25, -0.2) is 0 Å². The summed E-state index contributed by atoms with van der Waals surface area (Å²) in [5, 5.41) is 3.51. The van der Waals surface area contributed by atoms with E-state index in [2.05, 4.69) is 15.0 Å². The first-order valence-electron chi connectivity index (χ1n) is 4.54. The predicted molar refractivity (Wildman–Crippen MR) is 55.6 cm³/mol. The molecule has 0 bridgehead atoms. The van der Waals surface area contributed by atoms with Gasteiger partial charge >= 0.3 is 6.18 Å². The fraction of sp³-hybridized carbons (Fsp3) is 0.100. The van der Waals surface area contributed by atoms with E-state index in [-0.39, 0.29) is 16.6 Å². The molecule has 0 unspecified atom stereocenters. The second kappa shape index (κ2) is 3.95. The largest absolute Gasteiger partial charge is 0.418 e. The molecule has 86 valence electrons. The Balaban J connectivity index is 2.83. The highest BCUT2D eigenvalue weighted by molar-refractivity contribution is 5.91. The zero-order valence-electron chi connectivity index (χ0n) is 8.31. The summed E-state index contributed by atoms with van der Waals surface area (Å²) in [6.45, 7) is 0. The molecule has 0 fully saturated rings. The maximum absolute atomic E-state index is 12.7. The lowest BCUT2D eigenvalue weighted by molar-refractivity contribution is -0.136. The van der Waals surface area contributed by atoms with E-state index in [1.165, 1.54) is 24.4 Å². The number of hydrogen-bond acceptors (Lipinski definition) is 2. The van der Waals surface area contributed by atoms with E-state index < -0.39 is 11.7 Å². The van der Waals surface area contributed by atoms with Crippen LogP contribution in [0.15, 0.2) is 35.6 Å². The first kappa shape index (κ1) is 11.2. The number of azide groups is 1. The van der Waals surface area contributed by atoms with Crippen LogP contribution in [-0.2, 0) is 6.18 Å². The zero-order valence-corrected chi connectivity index (χ0v) is 8.31. The minimum atomic E-state index is -4.48. The van der Waals surface area contributed by atoms with Crippen molar-refractivity contribution in [3.63, 3.8) is 0 Å². The number of benzene rings is 1. The van der Waals surface area contributed by atoms with Crippen molar-refractivity contribution in [3.05, 3.63) is 46.5 Å². The molecule has 1 aromatic carbocycles. The molecule has 1 heterocycles. The minimum Gasteiger partial charge on any atom is -0.256 e. The summed E-state index contributed by atoms with van der Waals surface area (Å²) in [4.78, 5) is 6.25. The van der Waals surface area contributed by atoms with Crippen molar-refractivity contribution in [2.45, 2.75) is 6.18 Å². The summed E-state index contributed by atoms with van der Waals surface area (Å²) in [6.07, 6.45) is -3.30. The Morgan fingerprint density at radius 3 is 2.65 bits per heavy atom. The van der Waals surface area contributed by atoms with E-state index in [1.54, 1.807) is 0 Å². The third kappa shape index (κ3) is 2.00. The van der Waals surface area contributed by atoms with Crippen LogP contribution >= 0.6 is 0 Å². The maximum atomic E-state index is 12.7. The van der Waals surface area contributed by atoms with Crippen LogP contribution < -0.4 is 0 Å². The topological polar surface area (TPSA) is 61.7 Å². The van der Waals surface area contributed by atoms with Crippen LogP contribution in [0.5, 0.6) is 0 Å². The van der Waals surface area contributed by atoms with Gasteiger partial charge in [-0.15, -0.1) is 0 Å².